The molecule has 2 aromatic heterocycles. The fourth-order valence-corrected chi connectivity index (χ4v) is 9.52. The molecule has 2 aliphatic rings. The van der Waals surface area contributed by atoms with Crippen LogP contribution in [0.25, 0.3) is 29.0 Å². The van der Waals surface area contributed by atoms with Crippen LogP contribution in [-0.4, -0.2) is 72.7 Å². The number of carbonyl (C=O) groups excluding carboxylic acids is 2. The maximum absolute atomic E-state index is 13.7. The van der Waals surface area contributed by atoms with Crippen LogP contribution in [0.5, 0.6) is 0 Å². The van der Waals surface area contributed by atoms with Crippen molar-refractivity contribution >= 4 is 18.0 Å². The second kappa shape index (κ2) is 29.4. The molecule has 414 valence electrons. The first-order valence-electron chi connectivity index (χ1n) is 26.7. The molecule has 0 radical (unpaired) electrons. The first-order chi connectivity index (χ1) is 36.6. The minimum Gasteiger partial charge on any atom is -0.466 e. The van der Waals surface area contributed by atoms with Gasteiger partial charge >= 0.3 is 11.9 Å². The highest BCUT2D eigenvalue weighted by molar-refractivity contribution is 5.94. The highest BCUT2D eigenvalue weighted by Crippen LogP contribution is 2.30. The zero-order valence-corrected chi connectivity index (χ0v) is 45.4. The standard InChI is InChI=1S/C31H38FNO5.C31H36FNO5.CH4/c2*1-5-35-31(34)25(16-23-12-13-28(32)21(3)15-23)18-36-26-10-7-11-27(17-26)37-19-29-22(4)38-30(33-29)24-9-6-8-20(2)14-24;/h6,8-9,12-15,25-27H,5,7,10-11,16-19H2,1-4H3;6,8-9,12-16,26-27H,5,7,10-11,17-19H2,1-4H3;1H4/b;25-16-;/t25?,26-,27+;26-,27+;/m11./s1. The van der Waals surface area contributed by atoms with Gasteiger partial charge in [-0.2, -0.15) is 0 Å². The first-order valence-corrected chi connectivity index (χ1v) is 26.7. The predicted molar refractivity (Wildman–Crippen MR) is 294 cm³/mol. The number of oxazole rings is 2. The summed E-state index contributed by atoms with van der Waals surface area (Å²) in [4.78, 5) is 34.5. The summed E-state index contributed by atoms with van der Waals surface area (Å²) in [7, 11) is 0. The van der Waals surface area contributed by atoms with E-state index in [0.717, 1.165) is 108 Å². The van der Waals surface area contributed by atoms with Crippen LogP contribution in [0.3, 0.4) is 0 Å². The number of carbonyl (C=O) groups is 2. The summed E-state index contributed by atoms with van der Waals surface area (Å²) in [6.45, 7) is 16.6. The zero-order valence-electron chi connectivity index (χ0n) is 45.4. The van der Waals surface area contributed by atoms with Crippen LogP contribution in [0.1, 0.15) is 129 Å². The third-order valence-corrected chi connectivity index (χ3v) is 13.8. The van der Waals surface area contributed by atoms with Gasteiger partial charge in [-0.15, -0.1) is 0 Å². The average molecular weight is 1060 g/mol. The van der Waals surface area contributed by atoms with Crippen LogP contribution < -0.4 is 0 Å². The van der Waals surface area contributed by atoms with Crippen LogP contribution in [0, 0.1) is 59.1 Å². The van der Waals surface area contributed by atoms with Crippen molar-refractivity contribution in [3.63, 3.8) is 0 Å². The van der Waals surface area contributed by atoms with E-state index >= 15 is 0 Å². The predicted octanol–water partition coefficient (Wildman–Crippen LogP) is 14.2. The summed E-state index contributed by atoms with van der Waals surface area (Å²) in [6, 6.07) is 25.8. The molecule has 1 unspecified atom stereocenters. The summed E-state index contributed by atoms with van der Waals surface area (Å²) in [5.41, 5.74) is 8.92. The number of hydrogen-bond donors (Lipinski definition) is 0. The smallest absolute Gasteiger partial charge is 0.336 e. The highest BCUT2D eigenvalue weighted by atomic mass is 19.1. The Morgan fingerprint density at radius 3 is 1.65 bits per heavy atom. The van der Waals surface area contributed by atoms with Crippen molar-refractivity contribution < 1.29 is 55.6 Å². The molecule has 14 heteroatoms. The van der Waals surface area contributed by atoms with Crippen molar-refractivity contribution in [3.8, 4) is 22.9 Å². The Bertz CT molecular complexity index is 2890. The summed E-state index contributed by atoms with van der Waals surface area (Å²) < 4.78 is 74.5. The normalized spacial score (nSPS) is 17.9. The highest BCUT2D eigenvalue weighted by Gasteiger charge is 2.29. The summed E-state index contributed by atoms with van der Waals surface area (Å²) >= 11 is 0. The molecule has 2 aliphatic carbocycles. The fraction of sp³-hybridized carbons (Fsp3) is 0.460. The second-order valence-electron chi connectivity index (χ2n) is 20.0. The van der Waals surface area contributed by atoms with E-state index in [1.807, 2.05) is 64.1 Å². The van der Waals surface area contributed by atoms with Gasteiger partial charge in [0.05, 0.1) is 75.5 Å². The summed E-state index contributed by atoms with van der Waals surface area (Å²) in [6.07, 6.45) is 9.36. The Morgan fingerprint density at radius 1 is 0.636 bits per heavy atom. The van der Waals surface area contributed by atoms with Gasteiger partial charge in [-0.05, 0) is 184 Å². The van der Waals surface area contributed by atoms with Gasteiger partial charge in [0.2, 0.25) is 11.8 Å². The molecule has 8 rings (SSSR count). The maximum atomic E-state index is 13.7. The maximum Gasteiger partial charge on any atom is 0.336 e. The van der Waals surface area contributed by atoms with Gasteiger partial charge in [0.1, 0.15) is 34.5 Å². The molecular weight excluding hydrogens is 983 g/mol. The molecule has 0 aliphatic heterocycles. The monoisotopic (exact) mass is 1060 g/mol. The number of benzene rings is 4. The lowest BCUT2D eigenvalue weighted by Crippen LogP contribution is -2.32. The quantitative estimate of drug-likeness (QED) is 0.0500. The average Bonchev–Trinajstić information content (AvgIpc) is 3.98. The van der Waals surface area contributed by atoms with Gasteiger partial charge in [0.25, 0.3) is 0 Å². The van der Waals surface area contributed by atoms with Gasteiger partial charge in [0.15, 0.2) is 0 Å². The number of esters is 2. The first kappa shape index (κ1) is 59.9. The van der Waals surface area contributed by atoms with Gasteiger partial charge in [-0.25, -0.2) is 23.5 Å². The lowest BCUT2D eigenvalue weighted by molar-refractivity contribution is -0.151. The number of aryl methyl sites for hydroxylation is 6. The second-order valence-corrected chi connectivity index (χ2v) is 20.0. The van der Waals surface area contributed by atoms with E-state index in [-0.39, 0.29) is 69.3 Å². The molecule has 0 bridgehead atoms. The van der Waals surface area contributed by atoms with Crippen LogP contribution in [-0.2, 0) is 57.6 Å². The van der Waals surface area contributed by atoms with Crippen molar-refractivity contribution in [2.45, 2.75) is 158 Å². The third kappa shape index (κ3) is 17.9. The zero-order chi connectivity index (χ0) is 54.1. The van der Waals surface area contributed by atoms with E-state index in [4.69, 9.17) is 37.3 Å². The molecule has 0 amide bonds. The van der Waals surface area contributed by atoms with Crippen LogP contribution in [0.4, 0.5) is 8.78 Å². The number of halogens is 2. The van der Waals surface area contributed by atoms with Gasteiger partial charge in [0, 0.05) is 11.1 Å². The Hall–Kier alpha value is -6.32. The molecular formula is C63H78F2N2O10. The molecule has 0 spiro atoms. The van der Waals surface area contributed by atoms with E-state index < -0.39 is 11.9 Å². The van der Waals surface area contributed by atoms with Crippen molar-refractivity contribution in [2.75, 3.05) is 26.4 Å². The Morgan fingerprint density at radius 2 is 1.14 bits per heavy atom. The number of aromatic nitrogens is 2. The topological polar surface area (TPSA) is 142 Å². The summed E-state index contributed by atoms with van der Waals surface area (Å²) in [5.74, 6) is 1.03. The lowest BCUT2D eigenvalue weighted by Gasteiger charge is -2.30. The number of rotatable bonds is 21. The van der Waals surface area contributed by atoms with Crippen molar-refractivity contribution in [3.05, 3.63) is 158 Å². The molecule has 2 heterocycles. The number of nitrogens with zero attached hydrogens (tertiary/aromatic N) is 2. The van der Waals surface area contributed by atoms with Gasteiger partial charge in [-0.1, -0.05) is 61.0 Å². The van der Waals surface area contributed by atoms with E-state index in [2.05, 4.69) is 22.1 Å². The Labute approximate surface area is 453 Å². The van der Waals surface area contributed by atoms with Gasteiger partial charge in [-0.3, -0.25) is 4.79 Å². The van der Waals surface area contributed by atoms with Crippen LogP contribution >= 0.6 is 0 Å². The SMILES string of the molecule is C.CCOC(=O)/C(=C\c1ccc(F)c(C)c1)CO[C@@H]1CCC[C@H](OCc2nc(-c3cccc(C)c3)oc2C)C1.CCOC(=O)C(CO[C@@H]1CCC[C@H](OCc2nc(-c3cccc(C)c3)oc2C)C1)Cc1ccc(F)c(C)c1. The molecule has 0 N–H and O–H groups in total. The van der Waals surface area contributed by atoms with E-state index in [9.17, 15) is 18.4 Å². The molecule has 77 heavy (non-hydrogen) atoms. The Kier molecular flexibility index (Phi) is 22.9. The van der Waals surface area contributed by atoms with Crippen LogP contribution in [0.2, 0.25) is 0 Å². The molecule has 4 aromatic carbocycles. The lowest BCUT2D eigenvalue weighted by atomic mass is 9.94. The van der Waals surface area contributed by atoms with E-state index in [0.29, 0.717) is 54.7 Å². The van der Waals surface area contributed by atoms with Crippen molar-refractivity contribution in [1.82, 2.24) is 9.97 Å². The van der Waals surface area contributed by atoms with Crippen LogP contribution in [0.15, 0.2) is 99.3 Å². The molecule has 6 aromatic rings. The molecule has 2 saturated carbocycles. The largest absolute Gasteiger partial charge is 0.466 e. The number of hydrogen-bond acceptors (Lipinski definition) is 12. The summed E-state index contributed by atoms with van der Waals surface area (Å²) in [5, 5.41) is 0. The molecule has 12 nitrogen and oxygen atoms in total. The molecule has 0 saturated heterocycles. The van der Waals surface area contributed by atoms with Crippen molar-refractivity contribution in [2.24, 2.45) is 5.92 Å². The van der Waals surface area contributed by atoms with E-state index in [1.165, 1.54) is 12.1 Å². The Balaban J connectivity index is 0.000000246. The molecule has 2 fully saturated rings. The number of ether oxygens (including phenoxy) is 6. The van der Waals surface area contributed by atoms with E-state index in [1.54, 1.807) is 58.0 Å². The van der Waals surface area contributed by atoms with Crippen molar-refractivity contribution in [1.29, 1.82) is 0 Å². The minimum atomic E-state index is -0.445. The minimum absolute atomic E-state index is 0. The third-order valence-electron chi connectivity index (χ3n) is 13.8. The van der Waals surface area contributed by atoms with Gasteiger partial charge < -0.3 is 37.3 Å². The molecule has 5 atom stereocenters. The fourth-order valence-electron chi connectivity index (χ4n) is 9.52.